The van der Waals surface area contributed by atoms with E-state index >= 15 is 0 Å². The molecule has 8 heteroatoms. The quantitative estimate of drug-likeness (QED) is 0.709. The molecule has 0 spiro atoms. The molecule has 0 amide bonds. The van der Waals surface area contributed by atoms with Gasteiger partial charge in [-0.25, -0.2) is 24.6 Å². The van der Waals surface area contributed by atoms with Gasteiger partial charge in [-0.2, -0.15) is 5.10 Å². The van der Waals surface area contributed by atoms with Crippen LogP contribution in [-0.4, -0.2) is 55.9 Å². The number of aromatic nitrogens is 6. The Morgan fingerprint density at radius 2 is 1.62 bits per heavy atom. The Balaban J connectivity index is 1.28. The number of rotatable bonds is 4. The Morgan fingerprint density at radius 1 is 0.846 bits per heavy atom. The monoisotopic (exact) mass is 348 g/mol. The molecule has 1 aliphatic heterocycles. The van der Waals surface area contributed by atoms with Gasteiger partial charge in [0.1, 0.15) is 23.8 Å². The van der Waals surface area contributed by atoms with Gasteiger partial charge in [0.2, 0.25) is 0 Å². The zero-order valence-electron chi connectivity index (χ0n) is 14.4. The van der Waals surface area contributed by atoms with Gasteiger partial charge < -0.3 is 9.80 Å². The van der Waals surface area contributed by atoms with Crippen molar-refractivity contribution in [2.24, 2.45) is 0 Å². The third-order valence-corrected chi connectivity index (χ3v) is 4.91. The molecular weight excluding hydrogens is 328 g/mol. The molecule has 0 bridgehead atoms. The molecule has 3 aromatic rings. The Morgan fingerprint density at radius 3 is 2.35 bits per heavy atom. The van der Waals surface area contributed by atoms with Gasteiger partial charge in [-0.05, 0) is 25.0 Å². The number of anilines is 2. The molecule has 2 fully saturated rings. The van der Waals surface area contributed by atoms with E-state index in [0.29, 0.717) is 5.92 Å². The van der Waals surface area contributed by atoms with Crippen LogP contribution < -0.4 is 9.80 Å². The lowest BCUT2D eigenvalue weighted by atomic mass is 10.3. The summed E-state index contributed by atoms with van der Waals surface area (Å²) in [4.78, 5) is 22.6. The zero-order valence-corrected chi connectivity index (χ0v) is 14.4. The molecule has 3 aromatic heterocycles. The molecule has 4 heterocycles. The normalized spacial score (nSPS) is 17.5. The Labute approximate surface area is 151 Å². The largest absolute Gasteiger partial charge is 0.353 e. The van der Waals surface area contributed by atoms with Crippen molar-refractivity contribution in [1.82, 2.24) is 29.7 Å². The van der Waals surface area contributed by atoms with Gasteiger partial charge >= 0.3 is 0 Å². The van der Waals surface area contributed by atoms with Gasteiger partial charge in [-0.3, -0.25) is 0 Å². The van der Waals surface area contributed by atoms with Crippen molar-refractivity contribution in [2.75, 3.05) is 36.0 Å². The predicted molar refractivity (Wildman–Crippen MR) is 97.6 cm³/mol. The first-order chi connectivity index (χ1) is 12.9. The fourth-order valence-corrected chi connectivity index (χ4v) is 3.28. The van der Waals surface area contributed by atoms with Gasteiger partial charge in [-0.1, -0.05) is 0 Å². The number of piperazine rings is 1. The summed E-state index contributed by atoms with van der Waals surface area (Å²) >= 11 is 0. The highest BCUT2D eigenvalue weighted by atomic mass is 15.3. The van der Waals surface area contributed by atoms with E-state index in [4.69, 9.17) is 4.98 Å². The van der Waals surface area contributed by atoms with Gasteiger partial charge in [0.05, 0.1) is 0 Å². The van der Waals surface area contributed by atoms with Crippen molar-refractivity contribution in [1.29, 1.82) is 0 Å². The van der Waals surface area contributed by atoms with E-state index in [1.807, 2.05) is 30.6 Å². The van der Waals surface area contributed by atoms with Crippen LogP contribution in [0.4, 0.5) is 11.6 Å². The molecule has 0 unspecified atom stereocenters. The second-order valence-electron chi connectivity index (χ2n) is 6.71. The second kappa shape index (κ2) is 6.36. The van der Waals surface area contributed by atoms with Crippen LogP contribution in [0.25, 0.3) is 5.82 Å². The van der Waals surface area contributed by atoms with Gasteiger partial charge in [0, 0.05) is 56.8 Å². The molecule has 0 radical (unpaired) electrons. The molecule has 2 aliphatic rings. The van der Waals surface area contributed by atoms with E-state index in [2.05, 4.69) is 29.9 Å². The van der Waals surface area contributed by atoms with E-state index in [0.717, 1.165) is 49.5 Å². The summed E-state index contributed by atoms with van der Waals surface area (Å²) in [6.07, 6.45) is 9.58. The molecule has 1 aliphatic carbocycles. The predicted octanol–water partition coefficient (Wildman–Crippen LogP) is 1.66. The fraction of sp³-hybridized carbons (Fsp3) is 0.389. The van der Waals surface area contributed by atoms with Gasteiger partial charge in [-0.15, -0.1) is 0 Å². The third-order valence-electron chi connectivity index (χ3n) is 4.91. The highest BCUT2D eigenvalue weighted by Gasteiger charge is 2.27. The maximum atomic E-state index is 4.76. The van der Waals surface area contributed by atoms with Crippen LogP contribution in [0.3, 0.4) is 0 Å². The molecule has 0 N–H and O–H groups in total. The third kappa shape index (κ3) is 2.98. The topological polar surface area (TPSA) is 75.9 Å². The summed E-state index contributed by atoms with van der Waals surface area (Å²) in [5.41, 5.74) is 0. The minimum Gasteiger partial charge on any atom is -0.353 e. The SMILES string of the molecule is c1cnn(-c2cc(N3CCN(c4ccnc(C5CC5)n4)CC3)ncn2)c1. The van der Waals surface area contributed by atoms with Gasteiger partial charge in [0.25, 0.3) is 0 Å². The van der Waals surface area contributed by atoms with Crippen molar-refractivity contribution >= 4 is 11.6 Å². The van der Waals surface area contributed by atoms with Gasteiger partial charge in [0.15, 0.2) is 5.82 Å². The summed E-state index contributed by atoms with van der Waals surface area (Å²) in [7, 11) is 0. The van der Waals surface area contributed by atoms with E-state index in [1.54, 1.807) is 17.2 Å². The van der Waals surface area contributed by atoms with Crippen molar-refractivity contribution in [2.45, 2.75) is 18.8 Å². The maximum Gasteiger partial charge on any atom is 0.158 e. The summed E-state index contributed by atoms with van der Waals surface area (Å²) in [5.74, 6) is 4.35. The molecule has 8 nitrogen and oxygen atoms in total. The molecule has 0 aromatic carbocycles. The van der Waals surface area contributed by atoms with Crippen molar-refractivity contribution < 1.29 is 0 Å². The summed E-state index contributed by atoms with van der Waals surface area (Å²) in [5, 5.41) is 4.24. The molecule has 26 heavy (non-hydrogen) atoms. The maximum absolute atomic E-state index is 4.76. The van der Waals surface area contributed by atoms with Crippen LogP contribution in [0.15, 0.2) is 43.1 Å². The molecular formula is C18H20N8. The second-order valence-corrected chi connectivity index (χ2v) is 6.71. The average Bonchev–Trinajstić information content (AvgIpc) is 3.42. The molecule has 1 saturated heterocycles. The summed E-state index contributed by atoms with van der Waals surface area (Å²) in [6, 6.07) is 5.89. The highest BCUT2D eigenvalue weighted by molar-refractivity contribution is 5.47. The van der Waals surface area contributed by atoms with Crippen LogP contribution in [-0.2, 0) is 0 Å². The molecule has 132 valence electrons. The van der Waals surface area contributed by atoms with E-state index in [9.17, 15) is 0 Å². The average molecular weight is 348 g/mol. The lowest BCUT2D eigenvalue weighted by molar-refractivity contribution is 0.637. The number of hydrogen-bond acceptors (Lipinski definition) is 7. The van der Waals surface area contributed by atoms with Crippen molar-refractivity contribution in [3.63, 3.8) is 0 Å². The molecule has 5 rings (SSSR count). The first-order valence-corrected chi connectivity index (χ1v) is 9.02. The zero-order chi connectivity index (χ0) is 17.3. The van der Waals surface area contributed by atoms with Crippen molar-refractivity contribution in [3.8, 4) is 5.82 Å². The van der Waals surface area contributed by atoms with Crippen LogP contribution in [0.5, 0.6) is 0 Å². The first kappa shape index (κ1) is 15.2. The fourth-order valence-electron chi connectivity index (χ4n) is 3.28. The van der Waals surface area contributed by atoms with E-state index in [-0.39, 0.29) is 0 Å². The number of nitrogens with zero attached hydrogens (tertiary/aromatic N) is 8. The van der Waals surface area contributed by atoms with E-state index in [1.165, 1.54) is 12.8 Å². The summed E-state index contributed by atoms with van der Waals surface area (Å²) in [6.45, 7) is 3.64. The Kier molecular flexibility index (Phi) is 3.73. The van der Waals surface area contributed by atoms with Crippen LogP contribution >= 0.6 is 0 Å². The van der Waals surface area contributed by atoms with Crippen LogP contribution in [0, 0.1) is 0 Å². The van der Waals surface area contributed by atoms with E-state index < -0.39 is 0 Å². The Bertz CT molecular complexity index is 882. The lowest BCUT2D eigenvalue weighted by Crippen LogP contribution is -2.47. The Hall–Kier alpha value is -3.03. The minimum atomic E-state index is 0.581. The minimum absolute atomic E-state index is 0.581. The number of hydrogen-bond donors (Lipinski definition) is 0. The molecule has 1 saturated carbocycles. The van der Waals surface area contributed by atoms with Crippen molar-refractivity contribution in [3.05, 3.63) is 48.9 Å². The van der Waals surface area contributed by atoms with Crippen LogP contribution in [0.1, 0.15) is 24.6 Å². The molecule has 0 atom stereocenters. The highest BCUT2D eigenvalue weighted by Crippen LogP contribution is 2.38. The lowest BCUT2D eigenvalue weighted by Gasteiger charge is -2.36. The first-order valence-electron chi connectivity index (χ1n) is 9.02. The standard InChI is InChI=1S/C18H20N8/c1-5-22-26(7-1)17-12-16(20-13-21-17)25-10-8-24(9-11-25)15-4-6-19-18(23-15)14-2-3-14/h1,4-7,12-14H,2-3,8-11H2. The van der Waals surface area contributed by atoms with Crippen LogP contribution in [0.2, 0.25) is 0 Å². The smallest absolute Gasteiger partial charge is 0.158 e. The summed E-state index contributed by atoms with van der Waals surface area (Å²) < 4.78 is 1.75.